The average molecular weight is 326 g/mol. The molecule has 2 heterocycles. The van der Waals surface area contributed by atoms with Crippen LogP contribution in [0.1, 0.15) is 22.0 Å². The van der Waals surface area contributed by atoms with Crippen LogP contribution in [-0.4, -0.2) is 29.4 Å². The molecule has 0 aromatic heterocycles. The highest BCUT2D eigenvalue weighted by Gasteiger charge is 2.53. The number of nitrogens with two attached hydrogens (primary N) is 1. The molecular formula is C18H15FN2O3. The fourth-order valence-electron chi connectivity index (χ4n) is 3.52. The fourth-order valence-corrected chi connectivity index (χ4v) is 3.52. The molecule has 0 bridgehead atoms. The number of carbonyl (C=O) groups is 2. The predicted molar refractivity (Wildman–Crippen MR) is 83.7 cm³/mol. The molecule has 1 fully saturated rings. The lowest BCUT2D eigenvalue weighted by Crippen LogP contribution is -2.34. The van der Waals surface area contributed by atoms with Crippen molar-refractivity contribution >= 4 is 11.8 Å². The predicted octanol–water partition coefficient (Wildman–Crippen LogP) is 1.89. The smallest absolute Gasteiger partial charge is 0.254 e. The number of ether oxygens (including phenoxy) is 1. The van der Waals surface area contributed by atoms with Gasteiger partial charge in [-0.25, -0.2) is 4.39 Å². The Balaban J connectivity index is 1.73. The first-order chi connectivity index (χ1) is 11.6. The number of fused-ring (bicyclic) bond motifs is 3. The second-order valence-corrected chi connectivity index (χ2v) is 6.04. The number of carbonyl (C=O) groups excluding carboxylic acids is 2. The number of benzene rings is 2. The van der Waals surface area contributed by atoms with E-state index >= 15 is 0 Å². The number of primary amides is 1. The third kappa shape index (κ3) is 2.14. The Kier molecular flexibility index (Phi) is 3.26. The molecule has 2 N–H and O–H groups in total. The van der Waals surface area contributed by atoms with Crippen LogP contribution in [0.2, 0.25) is 0 Å². The van der Waals surface area contributed by atoms with E-state index in [1.807, 2.05) is 24.3 Å². The van der Waals surface area contributed by atoms with E-state index in [-0.39, 0.29) is 18.5 Å². The lowest BCUT2D eigenvalue weighted by Gasteiger charge is -2.23. The number of halogens is 1. The normalized spacial score (nSPS) is 24.2. The molecule has 0 spiro atoms. The molecular weight excluding hydrogens is 311 g/mol. The molecule has 2 aromatic rings. The van der Waals surface area contributed by atoms with Crippen molar-refractivity contribution in [2.45, 2.75) is 12.1 Å². The number of hydrogen-bond acceptors (Lipinski definition) is 3. The topological polar surface area (TPSA) is 72.6 Å². The van der Waals surface area contributed by atoms with E-state index in [1.165, 1.54) is 24.3 Å². The number of likely N-dealkylation sites (tertiary alicyclic amines) is 1. The Hall–Kier alpha value is -2.89. The monoisotopic (exact) mass is 326 g/mol. The van der Waals surface area contributed by atoms with Gasteiger partial charge < -0.3 is 15.4 Å². The lowest BCUT2D eigenvalue weighted by molar-refractivity contribution is -0.123. The Morgan fingerprint density at radius 2 is 1.83 bits per heavy atom. The van der Waals surface area contributed by atoms with Crippen molar-refractivity contribution in [1.82, 2.24) is 4.90 Å². The zero-order valence-corrected chi connectivity index (χ0v) is 12.7. The van der Waals surface area contributed by atoms with E-state index in [1.54, 1.807) is 4.90 Å². The molecule has 0 radical (unpaired) electrons. The van der Waals surface area contributed by atoms with Crippen molar-refractivity contribution in [2.75, 3.05) is 6.54 Å². The summed E-state index contributed by atoms with van der Waals surface area (Å²) in [4.78, 5) is 26.3. The third-order valence-corrected chi connectivity index (χ3v) is 4.66. The molecule has 4 rings (SSSR count). The summed E-state index contributed by atoms with van der Waals surface area (Å²) in [5.41, 5.74) is 6.73. The Morgan fingerprint density at radius 3 is 2.54 bits per heavy atom. The van der Waals surface area contributed by atoms with Crippen LogP contribution in [0.5, 0.6) is 5.75 Å². The largest absolute Gasteiger partial charge is 0.487 e. The van der Waals surface area contributed by atoms with Crippen molar-refractivity contribution in [2.24, 2.45) is 11.7 Å². The number of rotatable bonds is 2. The first kappa shape index (κ1) is 14.7. The first-order valence-corrected chi connectivity index (χ1v) is 7.67. The summed E-state index contributed by atoms with van der Waals surface area (Å²) in [5.74, 6) is -1.08. The molecule has 0 saturated carbocycles. The van der Waals surface area contributed by atoms with Crippen LogP contribution in [0.4, 0.5) is 4.39 Å². The highest BCUT2D eigenvalue weighted by Crippen LogP contribution is 2.47. The molecule has 2 amide bonds. The van der Waals surface area contributed by atoms with Crippen LogP contribution in [0.3, 0.4) is 0 Å². The minimum absolute atomic E-state index is 0.190. The zero-order chi connectivity index (χ0) is 16.8. The Bertz CT molecular complexity index is 821. The Morgan fingerprint density at radius 1 is 1.12 bits per heavy atom. The van der Waals surface area contributed by atoms with Gasteiger partial charge >= 0.3 is 0 Å². The number of amides is 2. The van der Waals surface area contributed by atoms with E-state index in [4.69, 9.17) is 10.5 Å². The second kappa shape index (κ2) is 5.33. The molecule has 24 heavy (non-hydrogen) atoms. The van der Waals surface area contributed by atoms with Gasteiger partial charge in [0.25, 0.3) is 5.91 Å². The van der Waals surface area contributed by atoms with E-state index in [0.29, 0.717) is 11.3 Å². The molecule has 3 atom stereocenters. The van der Waals surface area contributed by atoms with Crippen molar-refractivity contribution in [3.05, 3.63) is 65.5 Å². The summed E-state index contributed by atoms with van der Waals surface area (Å²) in [6, 6.07) is 12.4. The van der Waals surface area contributed by atoms with Gasteiger partial charge in [0, 0.05) is 17.7 Å². The quantitative estimate of drug-likeness (QED) is 0.916. The summed E-state index contributed by atoms with van der Waals surface area (Å²) in [7, 11) is 0. The van der Waals surface area contributed by atoms with E-state index < -0.39 is 23.7 Å². The molecule has 2 aliphatic rings. The molecule has 2 aliphatic heterocycles. The van der Waals surface area contributed by atoms with Crippen LogP contribution < -0.4 is 10.5 Å². The number of hydrogen-bond donors (Lipinski definition) is 1. The van der Waals surface area contributed by atoms with Gasteiger partial charge in [-0.3, -0.25) is 9.59 Å². The van der Waals surface area contributed by atoms with Crippen LogP contribution in [0.25, 0.3) is 0 Å². The van der Waals surface area contributed by atoms with E-state index in [9.17, 15) is 14.0 Å². The van der Waals surface area contributed by atoms with Crippen molar-refractivity contribution in [1.29, 1.82) is 0 Å². The minimum atomic E-state index is -0.577. The molecule has 2 aromatic carbocycles. The first-order valence-electron chi connectivity index (χ1n) is 7.67. The average Bonchev–Trinajstić information content (AvgIpc) is 3.12. The summed E-state index contributed by atoms with van der Waals surface area (Å²) >= 11 is 0. The summed E-state index contributed by atoms with van der Waals surface area (Å²) in [6.07, 6.45) is -0.482. The van der Waals surface area contributed by atoms with Crippen molar-refractivity contribution in [3.63, 3.8) is 0 Å². The maximum Gasteiger partial charge on any atom is 0.254 e. The summed E-state index contributed by atoms with van der Waals surface area (Å²) in [5, 5.41) is 0. The fraction of sp³-hybridized carbons (Fsp3) is 0.222. The Labute approximate surface area is 137 Å². The van der Waals surface area contributed by atoms with Gasteiger partial charge in [-0.2, -0.15) is 0 Å². The lowest BCUT2D eigenvalue weighted by atomic mass is 9.98. The molecule has 5 nitrogen and oxygen atoms in total. The molecule has 0 unspecified atom stereocenters. The van der Waals surface area contributed by atoms with Crippen molar-refractivity contribution < 1.29 is 18.7 Å². The van der Waals surface area contributed by atoms with Gasteiger partial charge in [0.2, 0.25) is 5.91 Å². The number of nitrogens with zero attached hydrogens (tertiary/aromatic N) is 1. The standard InChI is InChI=1S/C18H15FN2O3/c19-11-7-5-10(6-8-11)18(23)21-9-13(17(20)22)16-15(21)12-3-1-2-4-14(12)24-16/h1-8,13,15-16H,9H2,(H2,20,22)/t13-,15+,16+/m1/s1. The summed E-state index contributed by atoms with van der Waals surface area (Å²) < 4.78 is 19.0. The maximum absolute atomic E-state index is 13.1. The second-order valence-electron chi connectivity index (χ2n) is 6.04. The van der Waals surface area contributed by atoms with E-state index in [0.717, 1.165) is 5.56 Å². The van der Waals surface area contributed by atoms with Crippen LogP contribution in [0.15, 0.2) is 48.5 Å². The third-order valence-electron chi connectivity index (χ3n) is 4.66. The minimum Gasteiger partial charge on any atom is -0.487 e. The van der Waals surface area contributed by atoms with Gasteiger partial charge in [0.05, 0.1) is 12.0 Å². The van der Waals surface area contributed by atoms with Crippen molar-refractivity contribution in [3.8, 4) is 5.75 Å². The van der Waals surface area contributed by atoms with Crippen LogP contribution in [0, 0.1) is 11.7 Å². The molecule has 1 saturated heterocycles. The highest BCUT2D eigenvalue weighted by molar-refractivity contribution is 5.95. The van der Waals surface area contributed by atoms with Crippen LogP contribution >= 0.6 is 0 Å². The van der Waals surface area contributed by atoms with Gasteiger partial charge in [-0.15, -0.1) is 0 Å². The number of para-hydroxylation sites is 1. The maximum atomic E-state index is 13.1. The molecule has 0 aliphatic carbocycles. The van der Waals surface area contributed by atoms with Gasteiger partial charge in [0.15, 0.2) is 0 Å². The molecule has 6 heteroatoms. The molecule has 122 valence electrons. The van der Waals surface area contributed by atoms with Gasteiger partial charge in [-0.05, 0) is 30.3 Å². The van der Waals surface area contributed by atoms with Gasteiger partial charge in [0.1, 0.15) is 17.7 Å². The zero-order valence-electron chi connectivity index (χ0n) is 12.7. The van der Waals surface area contributed by atoms with E-state index in [2.05, 4.69) is 0 Å². The SMILES string of the molecule is NC(=O)[C@@H]1CN(C(=O)c2ccc(F)cc2)[C@H]2c3ccccc3O[C@@H]12. The van der Waals surface area contributed by atoms with Crippen LogP contribution in [-0.2, 0) is 4.79 Å². The van der Waals surface area contributed by atoms with Gasteiger partial charge in [-0.1, -0.05) is 18.2 Å². The summed E-state index contributed by atoms with van der Waals surface area (Å²) in [6.45, 7) is 0.190. The highest BCUT2D eigenvalue weighted by atomic mass is 19.1.